The third-order valence-electron chi connectivity index (χ3n) is 6.19. The van der Waals surface area contributed by atoms with E-state index in [-0.39, 0.29) is 0 Å². The van der Waals surface area contributed by atoms with Gasteiger partial charge in [0.2, 0.25) is 0 Å². The van der Waals surface area contributed by atoms with Crippen LogP contribution in [0.3, 0.4) is 0 Å². The molecule has 0 radical (unpaired) electrons. The molecule has 5 nitrogen and oxygen atoms in total. The van der Waals surface area contributed by atoms with Crippen LogP contribution in [0.25, 0.3) is 0 Å². The van der Waals surface area contributed by atoms with Crippen LogP contribution in [-0.2, 0) is 0 Å². The lowest BCUT2D eigenvalue weighted by Crippen LogP contribution is -2.53. The lowest BCUT2D eigenvalue weighted by atomic mass is 9.71. The predicted molar refractivity (Wildman–Crippen MR) is 96.1 cm³/mol. The lowest BCUT2D eigenvalue weighted by molar-refractivity contribution is 0.0420. The zero-order chi connectivity index (χ0) is 17.6. The Labute approximate surface area is 147 Å². The van der Waals surface area contributed by atoms with Gasteiger partial charge in [0.05, 0.1) is 6.07 Å². The van der Waals surface area contributed by atoms with Crippen molar-refractivity contribution < 1.29 is 0 Å². The summed E-state index contributed by atoms with van der Waals surface area (Å²) in [5.74, 6) is 0. The van der Waals surface area contributed by atoms with E-state index in [1.54, 1.807) is 6.07 Å². The quantitative estimate of drug-likeness (QED) is 0.728. The van der Waals surface area contributed by atoms with Crippen LogP contribution in [0.1, 0.15) is 52.9 Å². The molecular weight excluding hydrogens is 298 g/mol. The number of hydrogen-bond donors (Lipinski definition) is 0. The first-order valence-electron chi connectivity index (χ1n) is 9.47. The SMILES string of the molecule is CC#N.CC(C)N1CCN(C2CCC3(CC2)CCN(C#N)C3)CC1. The molecule has 24 heavy (non-hydrogen) atoms. The number of nitrogens with zero attached hydrogens (tertiary/aromatic N) is 5. The first kappa shape index (κ1) is 19.0. The Hall–Kier alpha value is -1.30. The second-order valence-corrected chi connectivity index (χ2v) is 7.89. The van der Waals surface area contributed by atoms with Crippen LogP contribution in [0, 0.1) is 28.2 Å². The van der Waals surface area contributed by atoms with Gasteiger partial charge in [-0.1, -0.05) is 0 Å². The van der Waals surface area contributed by atoms with Gasteiger partial charge in [-0.2, -0.15) is 10.5 Å². The van der Waals surface area contributed by atoms with E-state index < -0.39 is 0 Å². The standard InChI is InChI=1S/C17H30N4.C2H3N/c1-15(2)20-9-11-21(12-10-20)16-3-5-17(6-4-16)7-8-19(13-17)14-18;1-2-3/h15-16H,3-13H2,1-2H3;1H3. The second kappa shape index (κ2) is 8.70. The normalized spacial score (nSPS) is 31.4. The average Bonchev–Trinajstić information content (AvgIpc) is 2.99. The van der Waals surface area contributed by atoms with Crippen LogP contribution in [0.4, 0.5) is 0 Å². The molecular formula is C19H33N5. The molecule has 1 spiro atoms. The minimum absolute atomic E-state index is 0.478. The molecule has 1 saturated carbocycles. The number of piperazine rings is 1. The molecule has 0 amide bonds. The maximum atomic E-state index is 9.07. The highest BCUT2D eigenvalue weighted by Crippen LogP contribution is 2.44. The molecule has 0 unspecified atom stereocenters. The van der Waals surface area contributed by atoms with Gasteiger partial charge in [-0.25, -0.2) is 0 Å². The Morgan fingerprint density at radius 1 is 0.958 bits per heavy atom. The van der Waals surface area contributed by atoms with Crippen LogP contribution >= 0.6 is 0 Å². The van der Waals surface area contributed by atoms with E-state index in [2.05, 4.69) is 29.8 Å². The molecule has 134 valence electrons. The molecule has 2 aliphatic heterocycles. The maximum absolute atomic E-state index is 9.07. The Kier molecular flexibility index (Phi) is 6.90. The van der Waals surface area contributed by atoms with Gasteiger partial charge in [0.1, 0.15) is 0 Å². The Morgan fingerprint density at radius 3 is 2.00 bits per heavy atom. The first-order chi connectivity index (χ1) is 11.5. The number of rotatable bonds is 2. The van der Waals surface area contributed by atoms with E-state index in [4.69, 9.17) is 10.5 Å². The van der Waals surface area contributed by atoms with E-state index in [0.717, 1.165) is 19.1 Å². The van der Waals surface area contributed by atoms with Gasteiger partial charge < -0.3 is 4.90 Å². The summed E-state index contributed by atoms with van der Waals surface area (Å²) in [7, 11) is 0. The van der Waals surface area contributed by atoms with Crippen LogP contribution < -0.4 is 0 Å². The van der Waals surface area contributed by atoms with Gasteiger partial charge in [-0.15, -0.1) is 0 Å². The molecule has 0 aromatic heterocycles. The molecule has 5 heteroatoms. The molecule has 3 rings (SSSR count). The summed E-state index contributed by atoms with van der Waals surface area (Å²) in [5, 5.41) is 16.4. The van der Waals surface area contributed by atoms with Crippen molar-refractivity contribution in [2.24, 2.45) is 5.41 Å². The van der Waals surface area contributed by atoms with Crippen molar-refractivity contribution in [3.05, 3.63) is 0 Å². The van der Waals surface area contributed by atoms with Gasteiger partial charge in [0, 0.05) is 58.3 Å². The molecule has 2 saturated heterocycles. The highest BCUT2D eigenvalue weighted by molar-refractivity contribution is 4.98. The minimum atomic E-state index is 0.478. The van der Waals surface area contributed by atoms with Gasteiger partial charge in [-0.3, -0.25) is 9.80 Å². The van der Waals surface area contributed by atoms with Crippen molar-refractivity contribution in [3.8, 4) is 12.3 Å². The largest absolute Gasteiger partial charge is 0.310 e. The third kappa shape index (κ3) is 4.62. The fraction of sp³-hybridized carbons (Fsp3) is 0.895. The summed E-state index contributed by atoms with van der Waals surface area (Å²) in [6.07, 6.45) is 8.95. The average molecular weight is 332 g/mol. The Bertz CT molecular complexity index is 459. The van der Waals surface area contributed by atoms with E-state index in [1.807, 2.05) is 4.90 Å². The van der Waals surface area contributed by atoms with Gasteiger partial charge in [0.25, 0.3) is 0 Å². The molecule has 0 bridgehead atoms. The Morgan fingerprint density at radius 2 is 1.54 bits per heavy atom. The number of likely N-dealkylation sites (tertiary alicyclic amines) is 1. The summed E-state index contributed by atoms with van der Waals surface area (Å²) in [6, 6.07) is 3.25. The highest BCUT2D eigenvalue weighted by atomic mass is 15.3. The van der Waals surface area contributed by atoms with Crippen LogP contribution in [0.5, 0.6) is 0 Å². The predicted octanol–water partition coefficient (Wildman–Crippen LogP) is 2.66. The molecule has 1 aliphatic carbocycles. The highest BCUT2D eigenvalue weighted by Gasteiger charge is 2.42. The summed E-state index contributed by atoms with van der Waals surface area (Å²) >= 11 is 0. The first-order valence-corrected chi connectivity index (χ1v) is 9.47. The molecule has 0 N–H and O–H groups in total. The zero-order valence-electron chi connectivity index (χ0n) is 15.7. The summed E-state index contributed by atoms with van der Waals surface area (Å²) in [4.78, 5) is 7.31. The Balaban J connectivity index is 0.000000647. The van der Waals surface area contributed by atoms with Crippen LogP contribution in [0.2, 0.25) is 0 Å². The summed E-state index contributed by atoms with van der Waals surface area (Å²) in [5.41, 5.74) is 0.478. The zero-order valence-corrected chi connectivity index (χ0v) is 15.7. The van der Waals surface area contributed by atoms with Crippen LogP contribution in [-0.4, -0.2) is 66.1 Å². The topological polar surface area (TPSA) is 57.3 Å². The van der Waals surface area contributed by atoms with E-state index >= 15 is 0 Å². The molecule has 0 aromatic rings. The fourth-order valence-corrected chi connectivity index (χ4v) is 4.63. The van der Waals surface area contributed by atoms with Crippen molar-refractivity contribution >= 4 is 0 Å². The van der Waals surface area contributed by atoms with Crippen molar-refractivity contribution in [1.82, 2.24) is 14.7 Å². The molecule has 0 aromatic carbocycles. The minimum Gasteiger partial charge on any atom is -0.310 e. The van der Waals surface area contributed by atoms with Crippen LogP contribution in [0.15, 0.2) is 0 Å². The molecule has 0 atom stereocenters. The third-order valence-corrected chi connectivity index (χ3v) is 6.19. The number of nitriles is 2. The van der Waals surface area contributed by atoms with Crippen molar-refractivity contribution in [2.75, 3.05) is 39.3 Å². The van der Waals surface area contributed by atoms with E-state index in [1.165, 1.54) is 65.2 Å². The van der Waals surface area contributed by atoms with Crippen molar-refractivity contribution in [3.63, 3.8) is 0 Å². The summed E-state index contributed by atoms with van der Waals surface area (Å²) in [6.45, 7) is 13.0. The monoisotopic (exact) mass is 331 g/mol. The van der Waals surface area contributed by atoms with Gasteiger partial charge in [0.15, 0.2) is 6.19 Å². The molecule has 3 fully saturated rings. The maximum Gasteiger partial charge on any atom is 0.179 e. The van der Waals surface area contributed by atoms with Crippen molar-refractivity contribution in [1.29, 1.82) is 10.5 Å². The van der Waals surface area contributed by atoms with Gasteiger partial charge in [-0.05, 0) is 51.4 Å². The number of hydrogen-bond acceptors (Lipinski definition) is 5. The van der Waals surface area contributed by atoms with Crippen molar-refractivity contribution in [2.45, 2.75) is 65.0 Å². The molecule has 3 aliphatic rings. The lowest BCUT2D eigenvalue weighted by Gasteiger charge is -2.45. The van der Waals surface area contributed by atoms with E-state index in [0.29, 0.717) is 11.5 Å². The fourth-order valence-electron chi connectivity index (χ4n) is 4.63. The summed E-state index contributed by atoms with van der Waals surface area (Å²) < 4.78 is 0. The smallest absolute Gasteiger partial charge is 0.179 e. The second-order valence-electron chi connectivity index (χ2n) is 7.89. The molecule has 2 heterocycles. The van der Waals surface area contributed by atoms with E-state index in [9.17, 15) is 0 Å². The van der Waals surface area contributed by atoms with Gasteiger partial charge >= 0.3 is 0 Å².